The van der Waals surface area contributed by atoms with E-state index in [4.69, 9.17) is 9.47 Å². The predicted molar refractivity (Wildman–Crippen MR) is 131 cm³/mol. The lowest BCUT2D eigenvalue weighted by Crippen LogP contribution is -2.50. The van der Waals surface area contributed by atoms with Gasteiger partial charge in [0.05, 0.1) is 24.1 Å². The minimum Gasteiger partial charge on any atom is -0.491 e. The van der Waals surface area contributed by atoms with E-state index < -0.39 is 5.60 Å². The van der Waals surface area contributed by atoms with E-state index in [0.29, 0.717) is 48.5 Å². The van der Waals surface area contributed by atoms with E-state index in [1.54, 1.807) is 18.2 Å². The van der Waals surface area contributed by atoms with Crippen molar-refractivity contribution in [1.82, 2.24) is 9.47 Å². The third-order valence-corrected chi connectivity index (χ3v) is 6.82. The molecule has 3 heterocycles. The molecular weight excluding hydrogens is 442 g/mol. The van der Waals surface area contributed by atoms with E-state index >= 15 is 0 Å². The molecule has 2 aliphatic heterocycles. The fourth-order valence-electron chi connectivity index (χ4n) is 5.11. The molecule has 1 aromatic heterocycles. The maximum atomic E-state index is 13.3. The van der Waals surface area contributed by atoms with Gasteiger partial charge in [-0.05, 0) is 68.8 Å². The number of fused-ring (bicyclic) bond motifs is 4. The van der Waals surface area contributed by atoms with Crippen molar-refractivity contribution in [1.29, 1.82) is 5.26 Å². The molecule has 0 unspecified atom stereocenters. The number of carbonyl (C=O) groups excluding carboxylic acids is 1. The number of aliphatic hydroxyl groups is 1. The topological polar surface area (TPSA) is 87.7 Å². The van der Waals surface area contributed by atoms with E-state index in [2.05, 4.69) is 6.07 Å². The van der Waals surface area contributed by atoms with Crippen molar-refractivity contribution in [3.05, 3.63) is 76.6 Å². The van der Waals surface area contributed by atoms with Gasteiger partial charge in [-0.3, -0.25) is 9.36 Å². The summed E-state index contributed by atoms with van der Waals surface area (Å²) in [7, 11) is 0. The van der Waals surface area contributed by atoms with Crippen molar-refractivity contribution >= 4 is 5.91 Å². The van der Waals surface area contributed by atoms with Crippen LogP contribution in [0.5, 0.6) is 11.5 Å². The van der Waals surface area contributed by atoms with E-state index in [1.807, 2.05) is 60.6 Å². The molecule has 5 rings (SSSR count). The number of likely N-dealkylation sites (tertiary alicyclic amines) is 1. The second-order valence-corrected chi connectivity index (χ2v) is 9.56. The third-order valence-electron chi connectivity index (χ3n) is 6.82. The first kappa shape index (κ1) is 23.0. The molecule has 0 radical (unpaired) electrons. The number of aromatic nitrogens is 1. The van der Waals surface area contributed by atoms with Gasteiger partial charge in [0.1, 0.15) is 23.3 Å². The molecule has 3 aromatic rings. The van der Waals surface area contributed by atoms with Gasteiger partial charge in [0, 0.05) is 37.1 Å². The number of amides is 1. The van der Waals surface area contributed by atoms with Crippen LogP contribution in [0, 0.1) is 18.3 Å². The maximum absolute atomic E-state index is 13.3. The lowest BCUT2D eigenvalue weighted by molar-refractivity contribution is -0.00941. The van der Waals surface area contributed by atoms with E-state index in [0.717, 1.165) is 22.7 Å². The number of aliphatic hydroxyl groups excluding tert-OH is 1. The van der Waals surface area contributed by atoms with Gasteiger partial charge < -0.3 is 19.5 Å². The standard InChI is InChI=1S/C28H29N3O4/c1-18(2)34-24-8-5-20(15-21(24)17-32)27(33)30-12-10-28(11-13-30)26-9-6-22(16-29)31(26)23-7-4-19(3)14-25(23)35-28/h4-9,14-15,18,32H,10-13,17H2,1-3H3. The summed E-state index contributed by atoms with van der Waals surface area (Å²) < 4.78 is 14.4. The largest absolute Gasteiger partial charge is 0.491 e. The molecule has 7 nitrogen and oxygen atoms in total. The molecule has 35 heavy (non-hydrogen) atoms. The highest BCUT2D eigenvalue weighted by atomic mass is 16.5. The first-order valence-electron chi connectivity index (χ1n) is 12.0. The Kier molecular flexibility index (Phi) is 5.78. The molecule has 0 bridgehead atoms. The molecule has 1 saturated heterocycles. The molecular formula is C28H29N3O4. The van der Waals surface area contributed by atoms with Gasteiger partial charge in [-0.15, -0.1) is 0 Å². The highest BCUT2D eigenvalue weighted by molar-refractivity contribution is 5.94. The Labute approximate surface area is 205 Å². The number of hydrogen-bond donors (Lipinski definition) is 1. The van der Waals surface area contributed by atoms with Crippen LogP contribution in [0.2, 0.25) is 0 Å². The van der Waals surface area contributed by atoms with Crippen LogP contribution in [0.3, 0.4) is 0 Å². The Bertz CT molecular complexity index is 1330. The van der Waals surface area contributed by atoms with Gasteiger partial charge in [0.25, 0.3) is 5.91 Å². The molecule has 1 N–H and O–H groups in total. The summed E-state index contributed by atoms with van der Waals surface area (Å²) in [5.41, 5.74) is 4.02. The predicted octanol–water partition coefficient (Wildman–Crippen LogP) is 4.46. The number of benzene rings is 2. The van der Waals surface area contributed by atoms with E-state index in [1.165, 1.54) is 0 Å². The Morgan fingerprint density at radius 3 is 2.63 bits per heavy atom. The zero-order valence-electron chi connectivity index (χ0n) is 20.2. The fraction of sp³-hybridized carbons (Fsp3) is 0.357. The van der Waals surface area contributed by atoms with Crippen molar-refractivity contribution in [2.24, 2.45) is 0 Å². The second-order valence-electron chi connectivity index (χ2n) is 9.56. The van der Waals surface area contributed by atoms with Crippen molar-refractivity contribution in [3.63, 3.8) is 0 Å². The number of piperidine rings is 1. The minimum atomic E-state index is -0.599. The summed E-state index contributed by atoms with van der Waals surface area (Å²) in [5.74, 6) is 1.28. The van der Waals surface area contributed by atoms with Crippen LogP contribution in [0.25, 0.3) is 5.69 Å². The summed E-state index contributed by atoms with van der Waals surface area (Å²) >= 11 is 0. The van der Waals surface area contributed by atoms with Crippen LogP contribution in [0.4, 0.5) is 0 Å². The lowest BCUT2D eigenvalue weighted by atomic mass is 9.86. The molecule has 0 atom stereocenters. The number of ether oxygens (including phenoxy) is 2. The molecule has 2 aliphatic rings. The van der Waals surface area contributed by atoms with Crippen molar-refractivity contribution in [2.75, 3.05) is 13.1 Å². The van der Waals surface area contributed by atoms with Gasteiger partial charge in [-0.2, -0.15) is 5.26 Å². The third kappa shape index (κ3) is 3.94. The Balaban J connectivity index is 1.40. The average molecular weight is 472 g/mol. The molecule has 7 heteroatoms. The van der Waals surface area contributed by atoms with Crippen molar-refractivity contribution in [3.8, 4) is 23.3 Å². The molecule has 0 saturated carbocycles. The number of aryl methyl sites for hydroxylation is 1. The Hall–Kier alpha value is -3.76. The number of nitrogens with zero attached hydrogens (tertiary/aromatic N) is 3. The van der Waals surface area contributed by atoms with Crippen molar-refractivity contribution < 1.29 is 19.4 Å². The van der Waals surface area contributed by atoms with E-state index in [-0.39, 0.29) is 18.6 Å². The van der Waals surface area contributed by atoms with Crippen LogP contribution in [-0.2, 0) is 12.2 Å². The highest BCUT2D eigenvalue weighted by Crippen LogP contribution is 2.46. The normalized spacial score (nSPS) is 15.8. The van der Waals surface area contributed by atoms with Gasteiger partial charge in [-0.25, -0.2) is 0 Å². The Morgan fingerprint density at radius 1 is 1.17 bits per heavy atom. The SMILES string of the molecule is Cc1ccc2c(c1)OC1(CCN(C(=O)c3ccc(OC(C)C)c(CO)c3)CC1)c1ccc(C#N)n1-2. The highest BCUT2D eigenvalue weighted by Gasteiger charge is 2.45. The van der Waals surface area contributed by atoms with Gasteiger partial charge in [-0.1, -0.05) is 6.07 Å². The maximum Gasteiger partial charge on any atom is 0.253 e. The zero-order chi connectivity index (χ0) is 24.7. The van der Waals surface area contributed by atoms with Crippen LogP contribution in [0.15, 0.2) is 48.5 Å². The summed E-state index contributed by atoms with van der Waals surface area (Å²) in [6, 6.07) is 17.4. The zero-order valence-corrected chi connectivity index (χ0v) is 20.2. The first-order valence-corrected chi connectivity index (χ1v) is 12.0. The second kappa shape index (κ2) is 8.79. The van der Waals surface area contributed by atoms with Crippen LogP contribution >= 0.6 is 0 Å². The Morgan fingerprint density at radius 2 is 1.94 bits per heavy atom. The van der Waals surface area contributed by atoms with Gasteiger partial charge in [0.2, 0.25) is 0 Å². The summed E-state index contributed by atoms with van der Waals surface area (Å²) in [4.78, 5) is 15.2. The molecule has 1 spiro atoms. The average Bonchev–Trinajstić information content (AvgIpc) is 3.29. The molecule has 1 amide bonds. The quantitative estimate of drug-likeness (QED) is 0.607. The van der Waals surface area contributed by atoms with Crippen molar-refractivity contribution in [2.45, 2.75) is 51.9 Å². The molecule has 0 aliphatic carbocycles. The minimum absolute atomic E-state index is 0.0231. The number of rotatable bonds is 4. The number of nitriles is 1. The smallest absolute Gasteiger partial charge is 0.253 e. The fourth-order valence-corrected chi connectivity index (χ4v) is 5.11. The molecule has 1 fully saturated rings. The van der Waals surface area contributed by atoms with Crippen LogP contribution in [-0.4, -0.2) is 39.7 Å². The summed E-state index contributed by atoms with van der Waals surface area (Å²) in [6.07, 6.45) is 1.20. The number of hydrogen-bond acceptors (Lipinski definition) is 5. The summed E-state index contributed by atoms with van der Waals surface area (Å²) in [5, 5.41) is 19.5. The summed E-state index contributed by atoms with van der Waals surface area (Å²) in [6.45, 7) is 6.71. The molecule has 2 aromatic carbocycles. The first-order chi connectivity index (χ1) is 16.8. The monoisotopic (exact) mass is 471 g/mol. The number of carbonyl (C=O) groups is 1. The van der Waals surface area contributed by atoms with E-state index in [9.17, 15) is 15.2 Å². The lowest BCUT2D eigenvalue weighted by Gasteiger charge is -2.45. The van der Waals surface area contributed by atoms with Crippen LogP contribution < -0.4 is 9.47 Å². The molecule has 180 valence electrons. The van der Waals surface area contributed by atoms with Gasteiger partial charge >= 0.3 is 0 Å². The van der Waals surface area contributed by atoms with Crippen LogP contribution in [0.1, 0.15) is 59.6 Å². The van der Waals surface area contributed by atoms with Gasteiger partial charge in [0.15, 0.2) is 5.60 Å².